The van der Waals surface area contributed by atoms with E-state index in [-0.39, 0.29) is 6.09 Å². The first-order valence-corrected chi connectivity index (χ1v) is 9.83. The van der Waals surface area contributed by atoms with Crippen LogP contribution >= 0.6 is 11.3 Å². The highest BCUT2D eigenvalue weighted by Gasteiger charge is 2.22. The van der Waals surface area contributed by atoms with Crippen LogP contribution in [0.1, 0.15) is 12.6 Å². The zero-order valence-corrected chi connectivity index (χ0v) is 16.8. The molecule has 8 heteroatoms. The average molecular weight is 391 g/mol. The summed E-state index contributed by atoms with van der Waals surface area (Å²) < 4.78 is 15.7. The number of nitrogens with zero attached hydrogens (tertiary/aromatic N) is 3. The van der Waals surface area contributed by atoms with Gasteiger partial charge >= 0.3 is 6.09 Å². The van der Waals surface area contributed by atoms with Gasteiger partial charge in [0, 0.05) is 43.7 Å². The Morgan fingerprint density at radius 3 is 2.56 bits per heavy atom. The first kappa shape index (κ1) is 19.4. The maximum absolute atomic E-state index is 11.8. The number of amides is 1. The third-order valence-electron chi connectivity index (χ3n) is 4.47. The first-order chi connectivity index (χ1) is 13.1. The second kappa shape index (κ2) is 9.05. The molecule has 0 unspecified atom stereocenters. The summed E-state index contributed by atoms with van der Waals surface area (Å²) >= 11 is 1.62. The molecule has 1 aromatic heterocycles. The summed E-state index contributed by atoms with van der Waals surface area (Å²) in [5, 5.41) is 3.04. The van der Waals surface area contributed by atoms with Crippen molar-refractivity contribution in [2.24, 2.45) is 0 Å². The minimum atomic E-state index is -0.221. The van der Waals surface area contributed by atoms with Crippen LogP contribution in [0.2, 0.25) is 0 Å². The van der Waals surface area contributed by atoms with Crippen LogP contribution in [0.3, 0.4) is 0 Å². The van der Waals surface area contributed by atoms with E-state index >= 15 is 0 Å². The molecule has 1 aliphatic rings. The minimum Gasteiger partial charge on any atom is -0.493 e. The van der Waals surface area contributed by atoms with E-state index in [4.69, 9.17) is 19.2 Å². The number of aromatic nitrogens is 1. The van der Waals surface area contributed by atoms with Crippen LogP contribution in [-0.2, 0) is 11.3 Å². The van der Waals surface area contributed by atoms with Gasteiger partial charge in [0.05, 0.1) is 26.5 Å². The van der Waals surface area contributed by atoms with Crippen molar-refractivity contribution in [3.63, 3.8) is 0 Å². The van der Waals surface area contributed by atoms with E-state index in [1.54, 1.807) is 30.5 Å². The van der Waals surface area contributed by atoms with E-state index in [2.05, 4.69) is 10.3 Å². The molecule has 0 radical (unpaired) electrons. The van der Waals surface area contributed by atoms with Crippen molar-refractivity contribution >= 4 is 17.4 Å². The van der Waals surface area contributed by atoms with Crippen molar-refractivity contribution in [3.8, 4) is 22.1 Å². The van der Waals surface area contributed by atoms with Crippen molar-refractivity contribution < 1.29 is 19.0 Å². The molecule has 0 atom stereocenters. The van der Waals surface area contributed by atoms with Gasteiger partial charge in [-0.3, -0.25) is 4.90 Å². The molecule has 0 saturated carbocycles. The number of hydrogen-bond acceptors (Lipinski definition) is 7. The van der Waals surface area contributed by atoms with Crippen LogP contribution < -0.4 is 9.47 Å². The highest BCUT2D eigenvalue weighted by Crippen LogP contribution is 2.33. The molecular weight excluding hydrogens is 366 g/mol. The molecule has 1 aromatic carbocycles. The summed E-state index contributed by atoms with van der Waals surface area (Å²) in [5.41, 5.74) is 2.05. The molecule has 0 spiro atoms. The Balaban J connectivity index is 1.60. The Labute approximate surface area is 163 Å². The van der Waals surface area contributed by atoms with Crippen LogP contribution in [0.25, 0.3) is 10.6 Å². The predicted molar refractivity (Wildman–Crippen MR) is 105 cm³/mol. The number of carbonyl (C=O) groups excluding carboxylic acids is 1. The number of piperazine rings is 1. The second-order valence-corrected chi connectivity index (χ2v) is 7.03. The molecule has 1 saturated heterocycles. The summed E-state index contributed by atoms with van der Waals surface area (Å²) in [6.07, 6.45) is -0.221. The van der Waals surface area contributed by atoms with E-state index in [1.165, 1.54) is 0 Å². The minimum absolute atomic E-state index is 0.221. The molecule has 3 rings (SSSR count). The summed E-state index contributed by atoms with van der Waals surface area (Å²) in [4.78, 5) is 20.6. The maximum Gasteiger partial charge on any atom is 0.409 e. The van der Waals surface area contributed by atoms with Crippen molar-refractivity contribution in [3.05, 3.63) is 29.3 Å². The lowest BCUT2D eigenvalue weighted by atomic mass is 10.2. The van der Waals surface area contributed by atoms with Crippen molar-refractivity contribution in [1.29, 1.82) is 0 Å². The summed E-state index contributed by atoms with van der Waals surface area (Å²) in [6.45, 7) is 6.03. The fourth-order valence-electron chi connectivity index (χ4n) is 3.01. The maximum atomic E-state index is 11.8. The van der Waals surface area contributed by atoms with E-state index in [9.17, 15) is 4.79 Å². The zero-order chi connectivity index (χ0) is 19.2. The highest BCUT2D eigenvalue weighted by molar-refractivity contribution is 7.13. The Kier molecular flexibility index (Phi) is 6.52. The van der Waals surface area contributed by atoms with Gasteiger partial charge in [-0.05, 0) is 25.1 Å². The SMILES string of the molecule is CCOC(=O)N1CCN(Cc2csc(-c3ccc(OC)c(OC)c3)n2)CC1. The van der Waals surface area contributed by atoms with Crippen LogP contribution in [0.5, 0.6) is 11.5 Å². The number of thiazole rings is 1. The molecule has 1 fully saturated rings. The molecule has 2 heterocycles. The molecule has 2 aromatic rings. The number of methoxy groups -OCH3 is 2. The zero-order valence-electron chi connectivity index (χ0n) is 15.9. The van der Waals surface area contributed by atoms with Gasteiger partial charge in [-0.2, -0.15) is 0 Å². The molecular formula is C19H25N3O4S. The van der Waals surface area contributed by atoms with E-state index in [0.717, 1.165) is 35.9 Å². The largest absolute Gasteiger partial charge is 0.493 e. The molecule has 0 N–H and O–H groups in total. The standard InChI is InChI=1S/C19H25N3O4S/c1-4-26-19(23)22-9-7-21(8-10-22)12-15-13-27-18(20-15)14-5-6-16(24-2)17(11-14)25-3/h5-6,11,13H,4,7-10,12H2,1-3H3. The monoisotopic (exact) mass is 391 g/mol. The number of carbonyl (C=O) groups is 1. The molecule has 0 bridgehead atoms. The smallest absolute Gasteiger partial charge is 0.409 e. The topological polar surface area (TPSA) is 64.1 Å². The van der Waals surface area contributed by atoms with Crippen LogP contribution in [0.15, 0.2) is 23.6 Å². The van der Waals surface area contributed by atoms with Gasteiger partial charge in [0.25, 0.3) is 0 Å². The van der Waals surface area contributed by atoms with Gasteiger partial charge in [0.1, 0.15) is 5.01 Å². The Hall–Kier alpha value is -2.32. The lowest BCUT2D eigenvalue weighted by Crippen LogP contribution is -2.48. The van der Waals surface area contributed by atoms with E-state index in [1.807, 2.05) is 25.1 Å². The first-order valence-electron chi connectivity index (χ1n) is 8.95. The number of benzene rings is 1. The van der Waals surface area contributed by atoms with Gasteiger partial charge in [0.2, 0.25) is 0 Å². The van der Waals surface area contributed by atoms with Gasteiger partial charge in [0.15, 0.2) is 11.5 Å². The third kappa shape index (κ3) is 4.70. The number of rotatable bonds is 6. The Bertz CT molecular complexity index is 772. The van der Waals surface area contributed by atoms with Crippen molar-refractivity contribution in [2.45, 2.75) is 13.5 Å². The fourth-order valence-corrected chi connectivity index (χ4v) is 3.82. The number of hydrogen-bond donors (Lipinski definition) is 0. The van der Waals surface area contributed by atoms with Crippen molar-refractivity contribution in [2.75, 3.05) is 47.0 Å². The Morgan fingerprint density at radius 2 is 1.89 bits per heavy atom. The fraction of sp³-hybridized carbons (Fsp3) is 0.474. The van der Waals surface area contributed by atoms with Crippen LogP contribution in [-0.4, -0.2) is 67.9 Å². The molecule has 7 nitrogen and oxygen atoms in total. The highest BCUT2D eigenvalue weighted by atomic mass is 32.1. The normalized spacial score (nSPS) is 14.9. The van der Waals surface area contributed by atoms with Crippen molar-refractivity contribution in [1.82, 2.24) is 14.8 Å². The third-order valence-corrected chi connectivity index (χ3v) is 5.41. The van der Waals surface area contributed by atoms with Gasteiger partial charge in [-0.25, -0.2) is 9.78 Å². The second-order valence-electron chi connectivity index (χ2n) is 6.18. The molecule has 0 aliphatic carbocycles. The molecule has 146 valence electrons. The molecule has 1 amide bonds. The number of ether oxygens (including phenoxy) is 3. The Morgan fingerprint density at radius 1 is 1.15 bits per heavy atom. The molecule has 27 heavy (non-hydrogen) atoms. The average Bonchev–Trinajstić information content (AvgIpc) is 3.16. The van der Waals surface area contributed by atoms with Crippen LogP contribution in [0, 0.1) is 0 Å². The van der Waals surface area contributed by atoms with Gasteiger partial charge in [-0.15, -0.1) is 11.3 Å². The lowest BCUT2D eigenvalue weighted by molar-refractivity contribution is 0.0776. The predicted octanol–water partition coefficient (Wildman–Crippen LogP) is 3.10. The summed E-state index contributed by atoms with van der Waals surface area (Å²) in [6, 6.07) is 5.82. The van der Waals surface area contributed by atoms with Gasteiger partial charge < -0.3 is 19.1 Å². The quantitative estimate of drug-likeness (QED) is 0.754. The molecule has 1 aliphatic heterocycles. The summed E-state index contributed by atoms with van der Waals surface area (Å²) in [7, 11) is 3.26. The van der Waals surface area contributed by atoms with Crippen LogP contribution in [0.4, 0.5) is 4.79 Å². The lowest BCUT2D eigenvalue weighted by Gasteiger charge is -2.33. The van der Waals surface area contributed by atoms with Gasteiger partial charge in [-0.1, -0.05) is 0 Å². The summed E-state index contributed by atoms with van der Waals surface area (Å²) in [5.74, 6) is 1.40. The van der Waals surface area contributed by atoms with E-state index < -0.39 is 0 Å². The van der Waals surface area contributed by atoms with E-state index in [0.29, 0.717) is 31.2 Å².